The maximum absolute atomic E-state index is 2.68. The summed E-state index contributed by atoms with van der Waals surface area (Å²) >= 11 is 0. The van der Waals surface area contributed by atoms with E-state index >= 15 is 0 Å². The number of anilines is 3. The van der Waals surface area contributed by atoms with E-state index in [2.05, 4.69) is 273 Å². The van der Waals surface area contributed by atoms with Gasteiger partial charge in [-0.25, -0.2) is 0 Å². The second-order valence-corrected chi connectivity index (χ2v) is 23.7. The molecule has 1 nitrogen and oxygen atoms in total. The van der Waals surface area contributed by atoms with Gasteiger partial charge in [-0.1, -0.05) is 237 Å². The van der Waals surface area contributed by atoms with Crippen LogP contribution in [0.15, 0.2) is 212 Å². The highest BCUT2D eigenvalue weighted by atomic mass is 15.1. The van der Waals surface area contributed by atoms with Crippen LogP contribution in [0.5, 0.6) is 0 Å². The molecule has 0 bridgehead atoms. The maximum atomic E-state index is 2.68. The van der Waals surface area contributed by atoms with Crippen molar-refractivity contribution < 1.29 is 0 Å². The minimum absolute atomic E-state index is 0.0224. The summed E-state index contributed by atoms with van der Waals surface area (Å²) < 4.78 is 0. The molecule has 0 aromatic heterocycles. The molecule has 0 unspecified atom stereocenters. The SMILES string of the molecule is CC1(C)CCC(C)(C)c2c(-c3cc4c(cc3N(c3ccc(-c5ccc(-c6ccccc6)cc5)cc3)c3cccc5c3C(C)(C)CCC5(C)C)C(c3ccccc3)(c3ccccc3)c3ccccc3-4)cccc21. The molecule has 12 rings (SSSR count). The molecule has 0 radical (unpaired) electrons. The predicted octanol–water partition coefficient (Wildman–Crippen LogP) is 19.2. The van der Waals surface area contributed by atoms with E-state index in [1.54, 1.807) is 0 Å². The fourth-order valence-corrected chi connectivity index (χ4v) is 13.4. The molecule has 0 atom stereocenters. The molecule has 3 aliphatic rings. The molecule has 72 heavy (non-hydrogen) atoms. The van der Waals surface area contributed by atoms with Gasteiger partial charge in [0.1, 0.15) is 0 Å². The smallest absolute Gasteiger partial charge is 0.0714 e. The normalized spacial score (nSPS) is 17.2. The molecule has 9 aromatic rings. The fourth-order valence-electron chi connectivity index (χ4n) is 13.4. The van der Waals surface area contributed by atoms with E-state index in [1.165, 1.54) is 100 Å². The van der Waals surface area contributed by atoms with Gasteiger partial charge in [-0.05, 0) is 161 Å². The molecule has 1 heteroatoms. The summed E-state index contributed by atoms with van der Waals surface area (Å²) in [7, 11) is 0. The molecule has 9 aromatic carbocycles. The molecule has 3 aliphatic carbocycles. The van der Waals surface area contributed by atoms with E-state index in [1.807, 2.05) is 0 Å². The lowest BCUT2D eigenvalue weighted by Crippen LogP contribution is -2.35. The molecule has 0 N–H and O–H groups in total. The van der Waals surface area contributed by atoms with Crippen molar-refractivity contribution in [2.45, 2.75) is 108 Å². The molecule has 0 saturated heterocycles. The van der Waals surface area contributed by atoms with Gasteiger partial charge < -0.3 is 4.90 Å². The molecule has 0 amide bonds. The third-order valence-electron chi connectivity index (χ3n) is 17.5. The molecule has 0 aliphatic heterocycles. The van der Waals surface area contributed by atoms with Crippen molar-refractivity contribution in [3.63, 3.8) is 0 Å². The van der Waals surface area contributed by atoms with Crippen LogP contribution in [0.4, 0.5) is 17.1 Å². The van der Waals surface area contributed by atoms with E-state index in [-0.39, 0.29) is 21.7 Å². The zero-order valence-corrected chi connectivity index (χ0v) is 43.5. The fraction of sp³-hybridized carbons (Fsp3) is 0.239. The van der Waals surface area contributed by atoms with Gasteiger partial charge in [0.25, 0.3) is 0 Å². The molecular formula is C71H67N. The van der Waals surface area contributed by atoms with Crippen LogP contribution in [-0.2, 0) is 27.1 Å². The first-order valence-electron chi connectivity index (χ1n) is 26.4. The van der Waals surface area contributed by atoms with Crippen LogP contribution in [0.3, 0.4) is 0 Å². The van der Waals surface area contributed by atoms with Gasteiger partial charge in [0.15, 0.2) is 0 Å². The second kappa shape index (κ2) is 17.0. The first kappa shape index (κ1) is 45.9. The van der Waals surface area contributed by atoms with Gasteiger partial charge in [0.05, 0.1) is 16.8 Å². The van der Waals surface area contributed by atoms with Gasteiger partial charge in [-0.2, -0.15) is 0 Å². The van der Waals surface area contributed by atoms with Crippen molar-refractivity contribution in [2.75, 3.05) is 4.90 Å². The van der Waals surface area contributed by atoms with Gasteiger partial charge in [-0.15, -0.1) is 0 Å². The van der Waals surface area contributed by atoms with Crippen molar-refractivity contribution >= 4 is 17.1 Å². The minimum atomic E-state index is -0.572. The largest absolute Gasteiger partial charge is 0.310 e. The second-order valence-electron chi connectivity index (χ2n) is 23.7. The number of nitrogens with zero attached hydrogens (tertiary/aromatic N) is 1. The first-order valence-corrected chi connectivity index (χ1v) is 26.4. The summed E-state index contributed by atoms with van der Waals surface area (Å²) in [5.74, 6) is 0. The lowest BCUT2D eigenvalue weighted by molar-refractivity contribution is 0.332. The van der Waals surface area contributed by atoms with Crippen molar-refractivity contribution in [1.29, 1.82) is 0 Å². The zero-order valence-electron chi connectivity index (χ0n) is 43.5. The summed E-state index contributed by atoms with van der Waals surface area (Å²) in [6.45, 7) is 19.8. The Morgan fingerprint density at radius 1 is 0.292 bits per heavy atom. The number of benzene rings is 9. The van der Waals surface area contributed by atoms with Crippen LogP contribution >= 0.6 is 0 Å². The summed E-state index contributed by atoms with van der Waals surface area (Å²) in [5, 5.41) is 0. The third kappa shape index (κ3) is 7.25. The van der Waals surface area contributed by atoms with Crippen LogP contribution in [0.2, 0.25) is 0 Å². The lowest BCUT2D eigenvalue weighted by Gasteiger charge is -2.45. The van der Waals surface area contributed by atoms with Crippen LogP contribution < -0.4 is 4.90 Å². The van der Waals surface area contributed by atoms with Gasteiger partial charge >= 0.3 is 0 Å². The Labute approximate surface area is 429 Å². The minimum Gasteiger partial charge on any atom is -0.310 e. The van der Waals surface area contributed by atoms with Crippen molar-refractivity contribution in [2.24, 2.45) is 0 Å². The van der Waals surface area contributed by atoms with E-state index in [0.717, 1.165) is 31.4 Å². The lowest BCUT2D eigenvalue weighted by atomic mass is 9.61. The Hall–Kier alpha value is -7.22. The number of fused-ring (bicyclic) bond motifs is 5. The topological polar surface area (TPSA) is 3.24 Å². The highest BCUT2D eigenvalue weighted by Crippen LogP contribution is 2.61. The highest BCUT2D eigenvalue weighted by Gasteiger charge is 2.48. The summed E-state index contributed by atoms with van der Waals surface area (Å²) in [6, 6.07) is 80.8. The molecule has 356 valence electrons. The molecular weight excluding hydrogens is 867 g/mol. The van der Waals surface area contributed by atoms with E-state index in [4.69, 9.17) is 0 Å². The predicted molar refractivity (Wildman–Crippen MR) is 305 cm³/mol. The summed E-state index contributed by atoms with van der Waals surface area (Å²) in [5.41, 5.74) is 24.1. The third-order valence-corrected chi connectivity index (χ3v) is 17.5. The van der Waals surface area contributed by atoms with E-state index < -0.39 is 5.41 Å². The van der Waals surface area contributed by atoms with E-state index in [0.29, 0.717) is 0 Å². The van der Waals surface area contributed by atoms with Crippen molar-refractivity contribution in [1.82, 2.24) is 0 Å². The first-order chi connectivity index (χ1) is 34.7. The van der Waals surface area contributed by atoms with Gasteiger partial charge in [-0.3, -0.25) is 0 Å². The van der Waals surface area contributed by atoms with Gasteiger partial charge in [0, 0.05) is 11.3 Å². The molecule has 0 saturated carbocycles. The Morgan fingerprint density at radius 2 is 0.722 bits per heavy atom. The summed E-state index contributed by atoms with van der Waals surface area (Å²) in [6.07, 6.45) is 4.55. The monoisotopic (exact) mass is 934 g/mol. The molecule has 0 fully saturated rings. The van der Waals surface area contributed by atoms with Crippen LogP contribution in [0.1, 0.15) is 126 Å². The average molecular weight is 934 g/mol. The van der Waals surface area contributed by atoms with Crippen molar-refractivity contribution in [3.05, 3.63) is 257 Å². The number of rotatable bonds is 8. The Bertz CT molecular complexity index is 3440. The highest BCUT2D eigenvalue weighted by molar-refractivity contribution is 5.98. The molecule has 0 heterocycles. The maximum Gasteiger partial charge on any atom is 0.0714 e. The standard InChI is InChI=1S/C71H67N/c1-67(2)42-44-69(5,6)65-56(29-20-31-60(65)67)58-46-57-55-28-18-19-30-59(55)71(52-24-14-10-15-25-52,53-26-16-11-17-27-53)62(57)47-64(58)72(63-33-21-32-61-66(63)70(7,8)45-43-68(61,3)4)54-40-38-51(39-41-54)50-36-34-49(35-37-50)48-22-12-9-13-23-48/h9-41,46-47H,42-45H2,1-8H3. The quantitative estimate of drug-likeness (QED) is 0.147. The average Bonchev–Trinajstić information content (AvgIpc) is 3.70. The number of hydrogen-bond acceptors (Lipinski definition) is 1. The van der Waals surface area contributed by atoms with Crippen molar-refractivity contribution in [3.8, 4) is 44.5 Å². The van der Waals surface area contributed by atoms with Crippen LogP contribution in [0.25, 0.3) is 44.5 Å². The Balaban J connectivity index is 1.19. The van der Waals surface area contributed by atoms with Gasteiger partial charge in [0.2, 0.25) is 0 Å². The molecule has 0 spiro atoms. The number of hydrogen-bond donors (Lipinski definition) is 0. The zero-order chi connectivity index (χ0) is 49.6. The Kier molecular flexibility index (Phi) is 10.8. The van der Waals surface area contributed by atoms with Crippen LogP contribution in [0, 0.1) is 0 Å². The van der Waals surface area contributed by atoms with Crippen LogP contribution in [-0.4, -0.2) is 0 Å². The Morgan fingerprint density at radius 3 is 1.31 bits per heavy atom. The van der Waals surface area contributed by atoms with E-state index in [9.17, 15) is 0 Å². The summed E-state index contributed by atoms with van der Waals surface area (Å²) in [4.78, 5) is 2.68.